The van der Waals surface area contributed by atoms with Gasteiger partial charge in [-0.3, -0.25) is 0 Å². The van der Waals surface area contributed by atoms with Crippen LogP contribution in [0.1, 0.15) is 33.1 Å². The van der Waals surface area contributed by atoms with Gasteiger partial charge < -0.3 is 5.11 Å². The van der Waals surface area contributed by atoms with Crippen molar-refractivity contribution in [2.45, 2.75) is 33.1 Å². The average Bonchev–Trinajstić information content (AvgIpc) is 2.42. The molecule has 0 spiro atoms. The van der Waals surface area contributed by atoms with E-state index in [-0.39, 0.29) is 12.4 Å². The smallest absolute Gasteiger partial charge is 0.216 e. The molecule has 0 bridgehead atoms. The van der Waals surface area contributed by atoms with Crippen LogP contribution in [0.5, 0.6) is 0 Å². The molecule has 1 aliphatic rings. The lowest BCUT2D eigenvalue weighted by atomic mass is 9.89. The van der Waals surface area contributed by atoms with Crippen LogP contribution >= 0.6 is 0 Å². The molecule has 4 nitrogen and oxygen atoms in total. The van der Waals surface area contributed by atoms with Crippen LogP contribution in [0, 0.1) is 11.8 Å². The quantitative estimate of drug-likeness (QED) is 0.810. The summed E-state index contributed by atoms with van der Waals surface area (Å²) >= 11 is 0. The summed E-state index contributed by atoms with van der Waals surface area (Å²) in [5, 5.41) is 8.74. The molecule has 16 heavy (non-hydrogen) atoms. The van der Waals surface area contributed by atoms with Gasteiger partial charge in [-0.05, 0) is 31.1 Å². The molecule has 0 saturated carbocycles. The third kappa shape index (κ3) is 3.71. The van der Waals surface area contributed by atoms with Gasteiger partial charge in [0.25, 0.3) is 0 Å². The van der Waals surface area contributed by atoms with E-state index >= 15 is 0 Å². The fourth-order valence-corrected chi connectivity index (χ4v) is 3.56. The Kier molecular flexibility index (Phi) is 5.21. The summed E-state index contributed by atoms with van der Waals surface area (Å²) in [5.74, 6) is 1.12. The van der Waals surface area contributed by atoms with E-state index in [9.17, 15) is 8.42 Å². The normalized spacial score (nSPS) is 24.6. The van der Waals surface area contributed by atoms with Gasteiger partial charge in [-0.25, -0.2) is 12.7 Å². The van der Waals surface area contributed by atoms with Crippen LogP contribution in [0.15, 0.2) is 0 Å². The first-order valence-electron chi connectivity index (χ1n) is 6.06. The number of aliphatic hydroxyl groups excluding tert-OH is 1. The molecular formula is C11H23NO3S. The van der Waals surface area contributed by atoms with Crippen LogP contribution in [-0.4, -0.2) is 43.3 Å². The topological polar surface area (TPSA) is 57.6 Å². The zero-order valence-electron chi connectivity index (χ0n) is 10.2. The van der Waals surface area contributed by atoms with Crippen LogP contribution in [0.4, 0.5) is 0 Å². The second-order valence-corrected chi connectivity index (χ2v) is 6.96. The molecule has 1 saturated heterocycles. The lowest BCUT2D eigenvalue weighted by molar-refractivity contribution is 0.312. The highest BCUT2D eigenvalue weighted by Crippen LogP contribution is 2.25. The predicted octanol–water partition coefficient (Wildman–Crippen LogP) is 1.07. The van der Waals surface area contributed by atoms with Crippen molar-refractivity contribution in [1.82, 2.24) is 4.31 Å². The average molecular weight is 249 g/mol. The van der Waals surface area contributed by atoms with E-state index in [0.717, 1.165) is 19.3 Å². The first-order chi connectivity index (χ1) is 7.47. The summed E-state index contributed by atoms with van der Waals surface area (Å²) in [6, 6.07) is 0. The number of hydrogen-bond donors (Lipinski definition) is 1. The first-order valence-corrected chi connectivity index (χ1v) is 7.67. The van der Waals surface area contributed by atoms with Gasteiger partial charge in [0.15, 0.2) is 0 Å². The Hall–Kier alpha value is -0.130. The van der Waals surface area contributed by atoms with E-state index in [1.165, 1.54) is 0 Å². The minimum absolute atomic E-state index is 0.140. The van der Waals surface area contributed by atoms with Crippen LogP contribution in [0.25, 0.3) is 0 Å². The fourth-order valence-electron chi connectivity index (χ4n) is 2.29. The van der Waals surface area contributed by atoms with Gasteiger partial charge in [-0.2, -0.15) is 0 Å². The molecule has 1 rings (SSSR count). The Morgan fingerprint density at radius 1 is 1.31 bits per heavy atom. The predicted molar refractivity (Wildman–Crippen MR) is 64.6 cm³/mol. The molecule has 5 heteroatoms. The number of hydrogen-bond acceptors (Lipinski definition) is 3. The Balaban J connectivity index is 2.60. The molecule has 1 heterocycles. The molecule has 1 unspecified atom stereocenters. The maximum absolute atomic E-state index is 11.8. The van der Waals surface area contributed by atoms with Crippen molar-refractivity contribution in [3.8, 4) is 0 Å². The first kappa shape index (κ1) is 13.9. The van der Waals surface area contributed by atoms with Gasteiger partial charge in [0, 0.05) is 13.1 Å². The van der Waals surface area contributed by atoms with Gasteiger partial charge in [0.2, 0.25) is 10.0 Å². The Bertz CT molecular complexity index is 300. The number of aliphatic hydroxyl groups is 1. The van der Waals surface area contributed by atoms with Crippen molar-refractivity contribution in [1.29, 1.82) is 0 Å². The number of rotatable bonds is 4. The summed E-state index contributed by atoms with van der Waals surface area (Å²) in [6.07, 6.45) is 3.00. The second-order valence-electron chi connectivity index (χ2n) is 4.87. The third-order valence-corrected chi connectivity index (χ3v) is 5.27. The van der Waals surface area contributed by atoms with E-state index in [4.69, 9.17) is 5.11 Å². The van der Waals surface area contributed by atoms with Crippen molar-refractivity contribution in [2.75, 3.05) is 25.4 Å². The molecule has 0 radical (unpaired) electrons. The molecule has 1 N–H and O–H groups in total. The monoisotopic (exact) mass is 249 g/mol. The zero-order valence-corrected chi connectivity index (χ0v) is 11.0. The molecule has 0 amide bonds. The Morgan fingerprint density at radius 3 is 2.56 bits per heavy atom. The van der Waals surface area contributed by atoms with Crippen LogP contribution < -0.4 is 0 Å². The van der Waals surface area contributed by atoms with E-state index < -0.39 is 10.0 Å². The molecule has 0 aromatic heterocycles. The highest BCUT2D eigenvalue weighted by molar-refractivity contribution is 7.89. The summed E-state index contributed by atoms with van der Waals surface area (Å²) in [5.41, 5.74) is 0. The van der Waals surface area contributed by atoms with Gasteiger partial charge in [0.1, 0.15) is 0 Å². The van der Waals surface area contributed by atoms with Crippen molar-refractivity contribution >= 4 is 10.0 Å². The third-order valence-electron chi connectivity index (χ3n) is 3.42. The van der Waals surface area contributed by atoms with Crippen LogP contribution in [0.3, 0.4) is 0 Å². The van der Waals surface area contributed by atoms with Gasteiger partial charge in [-0.1, -0.05) is 13.8 Å². The van der Waals surface area contributed by atoms with Crippen LogP contribution in [0.2, 0.25) is 0 Å². The summed E-state index contributed by atoms with van der Waals surface area (Å²) < 4.78 is 25.1. The summed E-state index contributed by atoms with van der Waals surface area (Å²) in [7, 11) is -3.22. The molecule has 0 aromatic rings. The van der Waals surface area contributed by atoms with E-state index in [2.05, 4.69) is 13.8 Å². The van der Waals surface area contributed by atoms with Gasteiger partial charge in [0.05, 0.1) is 12.4 Å². The zero-order chi connectivity index (χ0) is 12.2. The lowest BCUT2D eigenvalue weighted by Crippen LogP contribution is -2.35. The molecule has 1 aliphatic heterocycles. The Morgan fingerprint density at radius 2 is 2.00 bits per heavy atom. The largest absolute Gasteiger partial charge is 0.395 e. The van der Waals surface area contributed by atoms with Crippen molar-refractivity contribution in [2.24, 2.45) is 11.8 Å². The standard InChI is InChI=1S/C11H23NO3S/c1-10(2)11-4-3-6-12(7-5-11)16(14,15)9-8-13/h10-11,13H,3-9H2,1-2H3. The number of sulfonamides is 1. The van der Waals surface area contributed by atoms with Crippen molar-refractivity contribution < 1.29 is 13.5 Å². The minimum atomic E-state index is -3.22. The maximum Gasteiger partial charge on any atom is 0.216 e. The maximum atomic E-state index is 11.8. The van der Waals surface area contributed by atoms with Gasteiger partial charge >= 0.3 is 0 Å². The molecule has 1 fully saturated rings. The SMILES string of the molecule is CC(C)C1CCCN(S(=O)(=O)CCO)CC1. The molecular weight excluding hydrogens is 226 g/mol. The lowest BCUT2D eigenvalue weighted by Gasteiger charge is -2.20. The van der Waals surface area contributed by atoms with Crippen molar-refractivity contribution in [3.63, 3.8) is 0 Å². The number of nitrogens with zero attached hydrogens (tertiary/aromatic N) is 1. The van der Waals surface area contributed by atoms with E-state index in [0.29, 0.717) is 24.9 Å². The van der Waals surface area contributed by atoms with Gasteiger partial charge in [-0.15, -0.1) is 0 Å². The molecule has 1 atom stereocenters. The minimum Gasteiger partial charge on any atom is -0.395 e. The van der Waals surface area contributed by atoms with Crippen molar-refractivity contribution in [3.05, 3.63) is 0 Å². The highest BCUT2D eigenvalue weighted by Gasteiger charge is 2.26. The summed E-state index contributed by atoms with van der Waals surface area (Å²) in [4.78, 5) is 0. The Labute approximate surface area is 98.7 Å². The van der Waals surface area contributed by atoms with E-state index in [1.54, 1.807) is 4.31 Å². The van der Waals surface area contributed by atoms with Crippen LogP contribution in [-0.2, 0) is 10.0 Å². The molecule has 0 aliphatic carbocycles. The second kappa shape index (κ2) is 5.98. The summed E-state index contributed by atoms with van der Waals surface area (Å²) in [6.45, 7) is 5.34. The highest BCUT2D eigenvalue weighted by atomic mass is 32.2. The fraction of sp³-hybridized carbons (Fsp3) is 1.00. The van der Waals surface area contributed by atoms with E-state index in [1.807, 2.05) is 0 Å². The molecule has 0 aromatic carbocycles. The molecule has 96 valence electrons.